The molecule has 0 unspecified atom stereocenters. The van der Waals surface area contributed by atoms with Crippen LogP contribution in [-0.4, -0.2) is 0 Å². The van der Waals surface area contributed by atoms with E-state index in [1.54, 1.807) is 12.1 Å². The first-order chi connectivity index (χ1) is 9.51. The number of benzene rings is 2. The minimum atomic E-state index is -0.261. The van der Waals surface area contributed by atoms with Crippen molar-refractivity contribution in [2.24, 2.45) is 0 Å². The molecule has 0 bridgehead atoms. The normalized spacial score (nSPS) is 10.2. The van der Waals surface area contributed by atoms with Gasteiger partial charge in [-0.15, -0.1) is 0 Å². The Balaban J connectivity index is 2.17. The Labute approximate surface area is 126 Å². The maximum atomic E-state index is 13.4. The summed E-state index contributed by atoms with van der Waals surface area (Å²) in [7, 11) is 0. The molecule has 0 aliphatic rings. The van der Waals surface area contributed by atoms with Crippen LogP contribution in [-0.2, 0) is 6.54 Å². The number of hydrogen-bond donors (Lipinski definition) is 1. The summed E-state index contributed by atoms with van der Waals surface area (Å²) in [4.78, 5) is 0. The molecule has 0 saturated carbocycles. The van der Waals surface area contributed by atoms with Gasteiger partial charge in [0.05, 0.1) is 16.1 Å². The van der Waals surface area contributed by atoms with Gasteiger partial charge in [-0.3, -0.25) is 0 Å². The molecular weight excluding hydrogens is 319 g/mol. The fraction of sp³-hybridized carbons (Fsp3) is 0.188. The maximum Gasteiger partial charge on any atom is 0.137 e. The van der Waals surface area contributed by atoms with E-state index in [9.17, 15) is 4.39 Å². The highest BCUT2D eigenvalue weighted by atomic mass is 79.9. The average Bonchev–Trinajstić information content (AvgIpc) is 2.42. The molecule has 2 aromatic carbocycles. The van der Waals surface area contributed by atoms with E-state index in [1.165, 1.54) is 6.07 Å². The molecule has 2 aromatic rings. The molecule has 2 nitrogen and oxygen atoms in total. The van der Waals surface area contributed by atoms with E-state index in [0.717, 1.165) is 22.4 Å². The summed E-state index contributed by atoms with van der Waals surface area (Å²) in [6.07, 6.45) is 0. The third-order valence-corrected chi connectivity index (χ3v) is 3.82. The Kier molecular flexibility index (Phi) is 4.41. The smallest absolute Gasteiger partial charge is 0.137 e. The molecule has 0 radical (unpaired) electrons. The number of nitrogens with one attached hydrogen (secondary N) is 1. The van der Waals surface area contributed by atoms with Gasteiger partial charge >= 0.3 is 0 Å². The van der Waals surface area contributed by atoms with Crippen molar-refractivity contribution in [2.45, 2.75) is 20.4 Å². The van der Waals surface area contributed by atoms with Gasteiger partial charge in [-0.2, -0.15) is 5.26 Å². The van der Waals surface area contributed by atoms with Crippen LogP contribution < -0.4 is 5.32 Å². The Morgan fingerprint density at radius 3 is 2.60 bits per heavy atom. The molecule has 1 N–H and O–H groups in total. The number of anilines is 1. The second kappa shape index (κ2) is 6.06. The first kappa shape index (κ1) is 14.5. The Bertz CT molecular complexity index is 690. The predicted octanol–water partition coefficient (Wildman–Crippen LogP) is 4.69. The molecule has 0 saturated heterocycles. The summed E-state index contributed by atoms with van der Waals surface area (Å²) in [6.45, 7) is 4.48. The Morgan fingerprint density at radius 2 is 1.95 bits per heavy atom. The van der Waals surface area contributed by atoms with E-state index in [2.05, 4.69) is 27.3 Å². The van der Waals surface area contributed by atoms with Crippen molar-refractivity contribution in [3.8, 4) is 6.07 Å². The summed E-state index contributed by atoms with van der Waals surface area (Å²) < 4.78 is 13.8. The molecule has 2 rings (SSSR count). The molecular formula is C16H14BrFN2. The summed E-state index contributed by atoms with van der Waals surface area (Å²) in [5.41, 5.74) is 4.59. The summed E-state index contributed by atoms with van der Waals surface area (Å²) in [6, 6.07) is 11.0. The number of nitrogens with zero attached hydrogens (tertiary/aromatic N) is 1. The van der Waals surface area contributed by atoms with E-state index in [0.29, 0.717) is 16.6 Å². The standard InChI is InChI=1S/C16H14BrFN2/c1-10-5-12(8-19)3-4-13(10)9-20-16-7-14(17)15(18)6-11(16)2/h3-7,20H,9H2,1-2H3. The van der Waals surface area contributed by atoms with Crippen LogP contribution in [0.4, 0.5) is 10.1 Å². The van der Waals surface area contributed by atoms with Crippen LogP contribution in [0.2, 0.25) is 0 Å². The van der Waals surface area contributed by atoms with Crippen molar-refractivity contribution in [3.63, 3.8) is 0 Å². The van der Waals surface area contributed by atoms with Crippen LogP contribution >= 0.6 is 15.9 Å². The zero-order valence-electron chi connectivity index (χ0n) is 11.3. The van der Waals surface area contributed by atoms with E-state index in [-0.39, 0.29) is 5.82 Å². The van der Waals surface area contributed by atoms with Gasteiger partial charge in [-0.05, 0) is 70.7 Å². The monoisotopic (exact) mass is 332 g/mol. The van der Waals surface area contributed by atoms with Gasteiger partial charge in [0.1, 0.15) is 5.82 Å². The molecule has 102 valence electrons. The lowest BCUT2D eigenvalue weighted by molar-refractivity contribution is 0.620. The fourth-order valence-electron chi connectivity index (χ4n) is 1.99. The van der Waals surface area contributed by atoms with Gasteiger partial charge < -0.3 is 5.32 Å². The Morgan fingerprint density at radius 1 is 1.20 bits per heavy atom. The third kappa shape index (κ3) is 3.17. The molecule has 0 heterocycles. The first-order valence-electron chi connectivity index (χ1n) is 6.20. The molecule has 0 aliphatic heterocycles. The highest BCUT2D eigenvalue weighted by Gasteiger charge is 2.06. The average molecular weight is 333 g/mol. The van der Waals surface area contributed by atoms with Crippen LogP contribution in [0.3, 0.4) is 0 Å². The van der Waals surface area contributed by atoms with E-state index >= 15 is 0 Å². The molecule has 0 atom stereocenters. The van der Waals surface area contributed by atoms with Crippen molar-refractivity contribution in [1.29, 1.82) is 5.26 Å². The third-order valence-electron chi connectivity index (χ3n) is 3.21. The van der Waals surface area contributed by atoms with Crippen molar-refractivity contribution >= 4 is 21.6 Å². The number of aryl methyl sites for hydroxylation is 2. The van der Waals surface area contributed by atoms with Crippen LogP contribution in [0.15, 0.2) is 34.8 Å². The summed E-state index contributed by atoms with van der Waals surface area (Å²) >= 11 is 3.19. The SMILES string of the molecule is Cc1cc(C#N)ccc1CNc1cc(Br)c(F)cc1C. The summed E-state index contributed by atoms with van der Waals surface area (Å²) in [5.74, 6) is -0.261. The van der Waals surface area contributed by atoms with Crippen molar-refractivity contribution < 1.29 is 4.39 Å². The molecule has 0 fully saturated rings. The van der Waals surface area contributed by atoms with Crippen LogP contribution in [0.5, 0.6) is 0 Å². The predicted molar refractivity (Wildman–Crippen MR) is 82.1 cm³/mol. The Hall–Kier alpha value is -1.86. The summed E-state index contributed by atoms with van der Waals surface area (Å²) in [5, 5.41) is 12.1. The second-order valence-corrected chi connectivity index (χ2v) is 5.54. The van der Waals surface area contributed by atoms with E-state index < -0.39 is 0 Å². The van der Waals surface area contributed by atoms with E-state index in [4.69, 9.17) is 5.26 Å². The van der Waals surface area contributed by atoms with Crippen LogP contribution in [0.25, 0.3) is 0 Å². The molecule has 0 aromatic heterocycles. The number of hydrogen-bond acceptors (Lipinski definition) is 2. The highest BCUT2D eigenvalue weighted by molar-refractivity contribution is 9.10. The van der Waals surface area contributed by atoms with Crippen LogP contribution in [0.1, 0.15) is 22.3 Å². The van der Waals surface area contributed by atoms with Gasteiger partial charge in [-0.25, -0.2) is 4.39 Å². The van der Waals surface area contributed by atoms with Crippen molar-refractivity contribution in [3.05, 3.63) is 62.9 Å². The number of halogens is 2. The lowest BCUT2D eigenvalue weighted by Crippen LogP contribution is -2.03. The minimum absolute atomic E-state index is 0.261. The lowest BCUT2D eigenvalue weighted by Gasteiger charge is -2.12. The van der Waals surface area contributed by atoms with Gasteiger partial charge in [0, 0.05) is 12.2 Å². The zero-order valence-corrected chi connectivity index (χ0v) is 12.9. The van der Waals surface area contributed by atoms with Gasteiger partial charge in [0.2, 0.25) is 0 Å². The largest absolute Gasteiger partial charge is 0.381 e. The van der Waals surface area contributed by atoms with Gasteiger partial charge in [-0.1, -0.05) is 6.07 Å². The van der Waals surface area contributed by atoms with Crippen LogP contribution in [0, 0.1) is 31.0 Å². The maximum absolute atomic E-state index is 13.4. The van der Waals surface area contributed by atoms with Crippen molar-refractivity contribution in [1.82, 2.24) is 0 Å². The quantitative estimate of drug-likeness (QED) is 0.885. The van der Waals surface area contributed by atoms with Gasteiger partial charge in [0.25, 0.3) is 0 Å². The highest BCUT2D eigenvalue weighted by Crippen LogP contribution is 2.25. The topological polar surface area (TPSA) is 35.8 Å². The molecule has 0 aliphatic carbocycles. The minimum Gasteiger partial charge on any atom is -0.381 e. The van der Waals surface area contributed by atoms with Crippen molar-refractivity contribution in [2.75, 3.05) is 5.32 Å². The molecule has 0 amide bonds. The fourth-order valence-corrected chi connectivity index (χ4v) is 2.33. The first-order valence-corrected chi connectivity index (χ1v) is 6.99. The molecule has 0 spiro atoms. The number of nitriles is 1. The zero-order chi connectivity index (χ0) is 14.7. The molecule has 20 heavy (non-hydrogen) atoms. The second-order valence-electron chi connectivity index (χ2n) is 4.69. The van der Waals surface area contributed by atoms with Gasteiger partial charge in [0.15, 0.2) is 0 Å². The molecule has 4 heteroatoms. The lowest BCUT2D eigenvalue weighted by atomic mass is 10.1. The van der Waals surface area contributed by atoms with E-state index in [1.807, 2.05) is 26.0 Å². The number of rotatable bonds is 3.